The third-order valence-corrected chi connectivity index (χ3v) is 3.70. The minimum Gasteiger partial charge on any atom is -0.494 e. The number of rotatable bonds is 5. The standard InChI is InChI=1S/C14H20N2O2/c15-12-2-4-13(5-3-12)18-7-1-6-16-8-14(9-16)10-17-11-14/h2-5H,1,6-11,15H2. The van der Waals surface area contributed by atoms with Crippen LogP contribution in [-0.4, -0.2) is 44.4 Å². The van der Waals surface area contributed by atoms with Crippen LogP contribution in [0.1, 0.15) is 6.42 Å². The predicted molar refractivity (Wildman–Crippen MR) is 70.7 cm³/mol. The van der Waals surface area contributed by atoms with Gasteiger partial charge in [0.1, 0.15) is 5.75 Å². The van der Waals surface area contributed by atoms with Crippen LogP contribution < -0.4 is 10.5 Å². The molecule has 2 N–H and O–H groups in total. The van der Waals surface area contributed by atoms with Crippen LogP contribution in [-0.2, 0) is 4.74 Å². The molecule has 2 saturated heterocycles. The molecule has 98 valence electrons. The van der Waals surface area contributed by atoms with Crippen LogP contribution in [0.5, 0.6) is 5.75 Å². The average molecular weight is 248 g/mol. The van der Waals surface area contributed by atoms with Crippen molar-refractivity contribution >= 4 is 5.69 Å². The molecule has 0 atom stereocenters. The van der Waals surface area contributed by atoms with Crippen molar-refractivity contribution in [1.29, 1.82) is 0 Å². The number of ether oxygens (including phenoxy) is 2. The van der Waals surface area contributed by atoms with E-state index in [0.717, 1.165) is 44.2 Å². The summed E-state index contributed by atoms with van der Waals surface area (Å²) in [7, 11) is 0. The van der Waals surface area contributed by atoms with Crippen LogP contribution in [0, 0.1) is 5.41 Å². The van der Waals surface area contributed by atoms with E-state index in [0.29, 0.717) is 5.41 Å². The molecule has 4 nitrogen and oxygen atoms in total. The lowest BCUT2D eigenvalue weighted by Gasteiger charge is -2.55. The lowest BCUT2D eigenvalue weighted by Crippen LogP contribution is -2.65. The highest BCUT2D eigenvalue weighted by Gasteiger charge is 2.48. The first-order valence-electron chi connectivity index (χ1n) is 6.54. The molecule has 0 aromatic heterocycles. The summed E-state index contributed by atoms with van der Waals surface area (Å²) in [5.41, 5.74) is 6.92. The van der Waals surface area contributed by atoms with Gasteiger partial charge in [0.2, 0.25) is 0 Å². The fourth-order valence-corrected chi connectivity index (χ4v) is 2.68. The van der Waals surface area contributed by atoms with Crippen molar-refractivity contribution in [3.05, 3.63) is 24.3 Å². The molecule has 0 amide bonds. The van der Waals surface area contributed by atoms with Crippen LogP contribution in [0.25, 0.3) is 0 Å². The summed E-state index contributed by atoms with van der Waals surface area (Å²) >= 11 is 0. The van der Waals surface area contributed by atoms with E-state index >= 15 is 0 Å². The Labute approximate surface area is 108 Å². The van der Waals surface area contributed by atoms with Crippen molar-refractivity contribution in [2.45, 2.75) is 6.42 Å². The van der Waals surface area contributed by atoms with Gasteiger partial charge >= 0.3 is 0 Å². The largest absolute Gasteiger partial charge is 0.494 e. The monoisotopic (exact) mass is 248 g/mol. The van der Waals surface area contributed by atoms with Crippen molar-refractivity contribution < 1.29 is 9.47 Å². The number of nitrogens with zero attached hydrogens (tertiary/aromatic N) is 1. The van der Waals surface area contributed by atoms with Crippen LogP contribution in [0.2, 0.25) is 0 Å². The Kier molecular flexibility index (Phi) is 3.14. The lowest BCUT2D eigenvalue weighted by atomic mass is 9.78. The molecule has 1 aromatic carbocycles. The first kappa shape index (κ1) is 11.8. The van der Waals surface area contributed by atoms with Crippen molar-refractivity contribution in [3.63, 3.8) is 0 Å². The smallest absolute Gasteiger partial charge is 0.119 e. The molecule has 2 aliphatic heterocycles. The Hall–Kier alpha value is -1.26. The summed E-state index contributed by atoms with van der Waals surface area (Å²) in [6.45, 7) is 6.22. The quantitative estimate of drug-likeness (QED) is 0.631. The molecule has 18 heavy (non-hydrogen) atoms. The number of hydrogen-bond acceptors (Lipinski definition) is 4. The van der Waals surface area contributed by atoms with Gasteiger partial charge in [-0.3, -0.25) is 0 Å². The van der Waals surface area contributed by atoms with E-state index in [-0.39, 0.29) is 0 Å². The average Bonchev–Trinajstić information content (AvgIpc) is 2.26. The van der Waals surface area contributed by atoms with Gasteiger partial charge in [0, 0.05) is 30.7 Å². The molecule has 1 aromatic rings. The van der Waals surface area contributed by atoms with E-state index in [9.17, 15) is 0 Å². The van der Waals surface area contributed by atoms with Crippen molar-refractivity contribution in [2.75, 3.05) is 45.2 Å². The third kappa shape index (κ3) is 2.44. The van der Waals surface area contributed by atoms with Crippen LogP contribution in [0.3, 0.4) is 0 Å². The van der Waals surface area contributed by atoms with E-state index in [4.69, 9.17) is 15.2 Å². The lowest BCUT2D eigenvalue weighted by molar-refractivity contribution is -0.189. The number of benzene rings is 1. The number of likely N-dealkylation sites (tertiary alicyclic amines) is 1. The second-order valence-electron chi connectivity index (χ2n) is 5.47. The maximum absolute atomic E-state index is 5.67. The van der Waals surface area contributed by atoms with Crippen LogP contribution in [0.4, 0.5) is 5.69 Å². The van der Waals surface area contributed by atoms with E-state index in [1.165, 1.54) is 13.1 Å². The highest BCUT2D eigenvalue weighted by atomic mass is 16.5. The topological polar surface area (TPSA) is 47.7 Å². The molecule has 0 bridgehead atoms. The number of nitrogens with two attached hydrogens (primary N) is 1. The second-order valence-corrected chi connectivity index (χ2v) is 5.47. The molecule has 3 rings (SSSR count). The molecule has 2 aliphatic rings. The van der Waals surface area contributed by atoms with Gasteiger partial charge in [-0.2, -0.15) is 0 Å². The van der Waals surface area contributed by atoms with E-state index < -0.39 is 0 Å². The second kappa shape index (κ2) is 4.78. The number of hydrogen-bond donors (Lipinski definition) is 1. The van der Waals surface area contributed by atoms with E-state index in [2.05, 4.69) is 4.90 Å². The van der Waals surface area contributed by atoms with Crippen molar-refractivity contribution in [3.8, 4) is 5.75 Å². The van der Waals surface area contributed by atoms with Gasteiger partial charge in [-0.25, -0.2) is 0 Å². The Balaban J connectivity index is 1.30. The Morgan fingerprint density at radius 2 is 1.94 bits per heavy atom. The fraction of sp³-hybridized carbons (Fsp3) is 0.571. The summed E-state index contributed by atoms with van der Waals surface area (Å²) in [6, 6.07) is 7.57. The van der Waals surface area contributed by atoms with E-state index in [1.54, 1.807) is 0 Å². The van der Waals surface area contributed by atoms with Gasteiger partial charge in [0.05, 0.1) is 19.8 Å². The fourth-order valence-electron chi connectivity index (χ4n) is 2.68. The highest BCUT2D eigenvalue weighted by Crippen LogP contribution is 2.37. The zero-order valence-corrected chi connectivity index (χ0v) is 10.6. The molecular weight excluding hydrogens is 228 g/mol. The summed E-state index contributed by atoms with van der Waals surface area (Å²) in [5.74, 6) is 0.900. The molecule has 0 saturated carbocycles. The zero-order chi connectivity index (χ0) is 12.4. The van der Waals surface area contributed by atoms with Gasteiger partial charge in [-0.05, 0) is 30.7 Å². The Bertz CT molecular complexity index is 393. The third-order valence-electron chi connectivity index (χ3n) is 3.70. The zero-order valence-electron chi connectivity index (χ0n) is 10.6. The maximum Gasteiger partial charge on any atom is 0.119 e. The van der Waals surface area contributed by atoms with Gasteiger partial charge in [0.25, 0.3) is 0 Å². The first-order valence-corrected chi connectivity index (χ1v) is 6.54. The first-order chi connectivity index (χ1) is 8.76. The Morgan fingerprint density at radius 1 is 1.22 bits per heavy atom. The molecule has 1 spiro atoms. The van der Waals surface area contributed by atoms with Crippen molar-refractivity contribution in [1.82, 2.24) is 4.90 Å². The van der Waals surface area contributed by atoms with Gasteiger partial charge in [-0.1, -0.05) is 0 Å². The minimum absolute atomic E-state index is 0.526. The predicted octanol–water partition coefficient (Wildman–Crippen LogP) is 1.37. The normalized spacial score (nSPS) is 21.3. The number of nitrogen functional groups attached to an aromatic ring is 1. The molecule has 0 aliphatic carbocycles. The molecule has 2 heterocycles. The van der Waals surface area contributed by atoms with Gasteiger partial charge in [0.15, 0.2) is 0 Å². The summed E-state index contributed by atoms with van der Waals surface area (Å²) < 4.78 is 10.9. The van der Waals surface area contributed by atoms with Gasteiger partial charge in [-0.15, -0.1) is 0 Å². The molecule has 2 fully saturated rings. The van der Waals surface area contributed by atoms with Crippen molar-refractivity contribution in [2.24, 2.45) is 5.41 Å². The highest BCUT2D eigenvalue weighted by molar-refractivity contribution is 5.41. The summed E-state index contributed by atoms with van der Waals surface area (Å²) in [5, 5.41) is 0. The molecule has 0 radical (unpaired) electrons. The minimum atomic E-state index is 0.526. The van der Waals surface area contributed by atoms with E-state index in [1.807, 2.05) is 24.3 Å². The number of anilines is 1. The maximum atomic E-state index is 5.67. The van der Waals surface area contributed by atoms with Crippen LogP contribution in [0.15, 0.2) is 24.3 Å². The Morgan fingerprint density at radius 3 is 2.56 bits per heavy atom. The SMILES string of the molecule is Nc1ccc(OCCCN2CC3(COC3)C2)cc1. The summed E-state index contributed by atoms with van der Waals surface area (Å²) in [4.78, 5) is 2.48. The van der Waals surface area contributed by atoms with Gasteiger partial charge < -0.3 is 20.1 Å². The molecule has 0 unspecified atom stereocenters. The molecular formula is C14H20N2O2. The van der Waals surface area contributed by atoms with Crippen LogP contribution >= 0.6 is 0 Å². The summed E-state index contributed by atoms with van der Waals surface area (Å²) in [6.07, 6.45) is 1.07. The molecule has 4 heteroatoms.